The minimum Gasteiger partial charge on any atom is -0.408 e. The van der Waals surface area contributed by atoms with Crippen LogP contribution in [0.2, 0.25) is 0 Å². The van der Waals surface area contributed by atoms with Crippen molar-refractivity contribution in [3.8, 4) is 0 Å². The van der Waals surface area contributed by atoms with Crippen LogP contribution in [0.3, 0.4) is 0 Å². The summed E-state index contributed by atoms with van der Waals surface area (Å²) in [6, 6.07) is 0. The Kier molecular flexibility index (Phi) is 3.30. The lowest BCUT2D eigenvalue weighted by molar-refractivity contribution is -0.131. The molecule has 0 saturated heterocycles. The second-order valence-corrected chi connectivity index (χ2v) is 4.35. The number of halogens is 2. The lowest BCUT2D eigenvalue weighted by Gasteiger charge is -2.10. The number of carbonyl (C=O) groups excluding carboxylic acids is 1. The first-order valence-corrected chi connectivity index (χ1v) is 5.10. The van der Waals surface area contributed by atoms with Crippen molar-refractivity contribution in [2.75, 3.05) is 0 Å². The number of allylic oxidation sites excluding steroid dienone is 2. The molecule has 0 amide bonds. The van der Waals surface area contributed by atoms with E-state index in [2.05, 4.69) is 0 Å². The van der Waals surface area contributed by atoms with E-state index in [0.29, 0.717) is 0 Å². The molecule has 1 heterocycles. The van der Waals surface area contributed by atoms with E-state index in [-0.39, 0.29) is 0 Å². The first-order chi connectivity index (χ1) is 5.20. The lowest BCUT2D eigenvalue weighted by Crippen LogP contribution is -2.09. The van der Waals surface area contributed by atoms with Crippen molar-refractivity contribution < 1.29 is 8.98 Å². The molecule has 0 fully saturated rings. The Balaban J connectivity index is 2.36. The maximum Gasteiger partial charge on any atom is 0.350 e. The third kappa shape index (κ3) is 2.77. The molecule has 0 unspecified atom stereocenters. The Morgan fingerprint density at radius 2 is 1.91 bits per heavy atom. The van der Waals surface area contributed by atoms with E-state index in [9.17, 15) is 4.79 Å². The van der Waals surface area contributed by atoms with Gasteiger partial charge in [0.15, 0.2) is 0 Å². The summed E-state index contributed by atoms with van der Waals surface area (Å²) in [5, 5.41) is 3.59. The Hall–Kier alpha value is -0.120. The molecule has 0 aliphatic carbocycles. The molecule has 0 spiro atoms. The molecule has 5 heteroatoms. The first-order valence-electron chi connectivity index (χ1n) is 2.83. The summed E-state index contributed by atoms with van der Waals surface area (Å²) in [5.74, 6) is -0.587. The van der Waals surface area contributed by atoms with Gasteiger partial charge < -0.3 is 4.18 Å². The van der Waals surface area contributed by atoms with Crippen LogP contribution < -0.4 is 0 Å². The van der Waals surface area contributed by atoms with E-state index in [4.69, 9.17) is 27.4 Å². The zero-order chi connectivity index (χ0) is 8.27. The van der Waals surface area contributed by atoms with Crippen molar-refractivity contribution in [2.24, 2.45) is 0 Å². The molecule has 1 aliphatic heterocycles. The minimum absolute atomic E-state index is 0.587. The van der Waals surface area contributed by atoms with Crippen LogP contribution >= 0.6 is 34.4 Å². The van der Waals surface area contributed by atoms with E-state index in [1.807, 2.05) is 12.2 Å². The topological polar surface area (TPSA) is 26.3 Å². The highest BCUT2D eigenvalue weighted by atomic mass is 35.5. The third-order valence-corrected chi connectivity index (χ3v) is 2.63. The normalized spacial score (nSPS) is 17.9. The first kappa shape index (κ1) is 8.97. The van der Waals surface area contributed by atoms with Crippen molar-refractivity contribution >= 4 is 40.3 Å². The third-order valence-electron chi connectivity index (χ3n) is 0.951. The SMILES string of the molecule is O=C(O[SH]1C=CC=C1)C(Cl)Cl. The summed E-state index contributed by atoms with van der Waals surface area (Å²) in [5.41, 5.74) is 0. The Bertz CT molecular complexity index is 201. The van der Waals surface area contributed by atoms with Gasteiger partial charge >= 0.3 is 5.97 Å². The second-order valence-electron chi connectivity index (χ2n) is 1.75. The molecule has 0 atom stereocenters. The summed E-state index contributed by atoms with van der Waals surface area (Å²) in [7, 11) is 0. The van der Waals surface area contributed by atoms with Crippen LogP contribution in [-0.2, 0) is 8.98 Å². The average molecular weight is 213 g/mol. The Morgan fingerprint density at radius 3 is 2.36 bits per heavy atom. The molecular weight excluding hydrogens is 207 g/mol. The summed E-state index contributed by atoms with van der Waals surface area (Å²) in [6.45, 7) is 0. The van der Waals surface area contributed by atoms with Gasteiger partial charge in [0, 0.05) is 0 Å². The maximum absolute atomic E-state index is 10.8. The van der Waals surface area contributed by atoms with E-state index >= 15 is 0 Å². The highest BCUT2D eigenvalue weighted by molar-refractivity contribution is 8.18. The van der Waals surface area contributed by atoms with Gasteiger partial charge in [-0.2, -0.15) is 0 Å². The van der Waals surface area contributed by atoms with Gasteiger partial charge in [-0.05, 0) is 10.8 Å². The monoisotopic (exact) mass is 212 g/mol. The van der Waals surface area contributed by atoms with Crippen molar-refractivity contribution in [2.45, 2.75) is 4.84 Å². The van der Waals surface area contributed by atoms with Gasteiger partial charge in [-0.3, -0.25) is 0 Å². The molecular formula is C6H6Cl2O2S. The van der Waals surface area contributed by atoms with Crippen LogP contribution in [0.15, 0.2) is 23.0 Å². The summed E-state index contributed by atoms with van der Waals surface area (Å²) < 4.78 is 4.86. The number of rotatable bonds is 2. The van der Waals surface area contributed by atoms with Crippen LogP contribution in [0.1, 0.15) is 0 Å². The van der Waals surface area contributed by atoms with Crippen LogP contribution in [0.5, 0.6) is 0 Å². The van der Waals surface area contributed by atoms with Crippen LogP contribution in [0.4, 0.5) is 0 Å². The Labute approximate surface area is 77.4 Å². The predicted molar refractivity (Wildman–Crippen MR) is 48.9 cm³/mol. The molecule has 2 nitrogen and oxygen atoms in total. The van der Waals surface area contributed by atoms with Gasteiger partial charge in [-0.25, -0.2) is 4.79 Å². The molecule has 0 N–H and O–H groups in total. The van der Waals surface area contributed by atoms with Gasteiger partial charge in [-0.15, -0.1) is 0 Å². The number of hydrogen-bond acceptors (Lipinski definition) is 2. The van der Waals surface area contributed by atoms with E-state index in [1.54, 1.807) is 10.8 Å². The van der Waals surface area contributed by atoms with Gasteiger partial charge in [0.2, 0.25) is 4.84 Å². The highest BCUT2D eigenvalue weighted by Gasteiger charge is 2.15. The zero-order valence-corrected chi connectivity index (χ0v) is 7.81. The molecule has 62 valence electrons. The van der Waals surface area contributed by atoms with Gasteiger partial charge in [-0.1, -0.05) is 46.5 Å². The lowest BCUT2D eigenvalue weighted by atomic mass is 10.6. The maximum atomic E-state index is 10.8. The molecule has 1 rings (SSSR count). The largest absolute Gasteiger partial charge is 0.408 e. The average Bonchev–Trinajstić information content (AvgIpc) is 2.39. The molecule has 0 aromatic rings. The summed E-state index contributed by atoms with van der Waals surface area (Å²) in [4.78, 5) is 9.68. The molecule has 0 bridgehead atoms. The van der Waals surface area contributed by atoms with Crippen molar-refractivity contribution in [1.29, 1.82) is 0 Å². The van der Waals surface area contributed by atoms with Gasteiger partial charge in [0.25, 0.3) is 0 Å². The fourth-order valence-electron chi connectivity index (χ4n) is 0.523. The van der Waals surface area contributed by atoms with Crippen molar-refractivity contribution in [3.63, 3.8) is 0 Å². The van der Waals surface area contributed by atoms with E-state index in [1.165, 1.54) is 0 Å². The second kappa shape index (κ2) is 4.04. The molecule has 11 heavy (non-hydrogen) atoms. The molecule has 0 aromatic carbocycles. The van der Waals surface area contributed by atoms with E-state index in [0.717, 1.165) is 0 Å². The summed E-state index contributed by atoms with van der Waals surface area (Å²) in [6.07, 6.45) is 3.63. The molecule has 0 saturated carbocycles. The fraction of sp³-hybridized carbons (Fsp3) is 0.167. The van der Waals surface area contributed by atoms with Gasteiger partial charge in [0.05, 0.1) is 0 Å². The van der Waals surface area contributed by atoms with Crippen LogP contribution in [0.25, 0.3) is 0 Å². The standard InChI is InChI=1S/C6H6Cl2O2S/c7-5(8)6(9)10-11-3-1-2-4-11/h1-5,11H. The Morgan fingerprint density at radius 1 is 1.36 bits per heavy atom. The zero-order valence-electron chi connectivity index (χ0n) is 5.41. The van der Waals surface area contributed by atoms with Crippen molar-refractivity contribution in [3.05, 3.63) is 23.0 Å². The molecule has 1 aliphatic rings. The van der Waals surface area contributed by atoms with E-state index < -0.39 is 22.0 Å². The number of alkyl halides is 2. The predicted octanol–water partition coefficient (Wildman–Crippen LogP) is 2.29. The van der Waals surface area contributed by atoms with Gasteiger partial charge in [0.1, 0.15) is 0 Å². The quantitative estimate of drug-likeness (QED) is 0.562. The number of carbonyl (C=O) groups is 1. The smallest absolute Gasteiger partial charge is 0.350 e. The van der Waals surface area contributed by atoms with Crippen LogP contribution in [-0.4, -0.2) is 10.8 Å². The molecule has 0 aromatic heterocycles. The van der Waals surface area contributed by atoms with Crippen LogP contribution in [0, 0.1) is 0 Å². The van der Waals surface area contributed by atoms with Crippen molar-refractivity contribution in [1.82, 2.24) is 0 Å². The number of hydrogen-bond donors (Lipinski definition) is 1. The highest BCUT2D eigenvalue weighted by Crippen LogP contribution is 2.34. The molecule has 0 radical (unpaired) electrons. The number of thiol groups is 1. The minimum atomic E-state index is -1.08. The summed E-state index contributed by atoms with van der Waals surface area (Å²) >= 11 is 9.62. The fourth-order valence-corrected chi connectivity index (χ4v) is 1.81.